The zero-order valence-electron chi connectivity index (χ0n) is 16.8. The number of hydrogen-bond donors (Lipinski definition) is 2. The minimum absolute atomic E-state index is 0.309. The molecule has 0 saturated heterocycles. The number of para-hydroxylation sites is 1. The molecule has 2 amide bonds. The summed E-state index contributed by atoms with van der Waals surface area (Å²) < 4.78 is 13.9. The van der Waals surface area contributed by atoms with E-state index in [1.165, 1.54) is 23.9 Å². The molecule has 0 spiro atoms. The molecule has 1 aliphatic heterocycles. The van der Waals surface area contributed by atoms with Gasteiger partial charge in [-0.1, -0.05) is 36.0 Å². The number of hydrogen-bond acceptors (Lipinski definition) is 4. The van der Waals surface area contributed by atoms with Crippen LogP contribution in [-0.4, -0.2) is 26.3 Å². The second-order valence-corrected chi connectivity index (χ2v) is 8.83. The number of amides is 2. The van der Waals surface area contributed by atoms with Gasteiger partial charge < -0.3 is 10.6 Å². The van der Waals surface area contributed by atoms with Crippen LogP contribution in [0.15, 0.2) is 53.4 Å². The monoisotopic (exact) mass is 424 g/mol. The minimum atomic E-state index is -1.32. The maximum absolute atomic E-state index is 13.5. The number of carbonyl (C=O) groups excluding carboxylic acids is 2. The van der Waals surface area contributed by atoms with E-state index in [4.69, 9.17) is 0 Å². The first-order chi connectivity index (χ1) is 14.3. The van der Waals surface area contributed by atoms with Gasteiger partial charge >= 0.3 is 0 Å². The Kier molecular flexibility index (Phi) is 5.11. The third kappa shape index (κ3) is 3.59. The van der Waals surface area contributed by atoms with Gasteiger partial charge in [0.05, 0.1) is 29.3 Å². The number of nitrogens with zero attached hydrogens (tertiary/aromatic N) is 2. The molecule has 1 aromatic heterocycles. The fraction of sp³-hybridized carbons (Fsp3) is 0.227. The number of thioether (sulfide) groups is 1. The Morgan fingerprint density at radius 3 is 2.77 bits per heavy atom. The van der Waals surface area contributed by atoms with Crippen LogP contribution in [0, 0.1) is 19.7 Å². The van der Waals surface area contributed by atoms with Crippen LogP contribution in [-0.2, 0) is 16.1 Å². The molecule has 2 heterocycles. The predicted octanol–water partition coefficient (Wildman–Crippen LogP) is 4.13. The van der Waals surface area contributed by atoms with E-state index in [0.717, 1.165) is 16.2 Å². The number of fused-ring (bicyclic) bond motifs is 1. The lowest BCUT2D eigenvalue weighted by molar-refractivity contribution is -0.126. The highest BCUT2D eigenvalue weighted by molar-refractivity contribution is 8.02. The first kappa shape index (κ1) is 20.2. The molecule has 0 fully saturated rings. The number of aryl methyl sites for hydroxylation is 1. The number of carbonyl (C=O) groups is 2. The minimum Gasteiger partial charge on any atom is -0.323 e. The number of benzene rings is 2. The highest BCUT2D eigenvalue weighted by atomic mass is 32.2. The molecular formula is C22H21FN4O2S. The Labute approximate surface area is 177 Å². The normalized spacial score (nSPS) is 17.9. The van der Waals surface area contributed by atoms with E-state index in [-0.39, 0.29) is 11.7 Å². The zero-order valence-corrected chi connectivity index (χ0v) is 17.6. The summed E-state index contributed by atoms with van der Waals surface area (Å²) >= 11 is 1.22. The van der Waals surface area contributed by atoms with Crippen molar-refractivity contribution >= 4 is 35.0 Å². The van der Waals surface area contributed by atoms with Crippen molar-refractivity contribution in [3.05, 3.63) is 71.3 Å². The van der Waals surface area contributed by atoms with E-state index in [1.54, 1.807) is 24.6 Å². The molecule has 3 aromatic rings. The smallest absolute Gasteiger partial charge is 0.250 e. The molecule has 6 nitrogen and oxygen atoms in total. The van der Waals surface area contributed by atoms with Crippen LogP contribution < -0.4 is 10.6 Å². The van der Waals surface area contributed by atoms with Crippen LogP contribution in [0.2, 0.25) is 0 Å². The Morgan fingerprint density at radius 1 is 1.23 bits per heavy atom. The van der Waals surface area contributed by atoms with E-state index >= 15 is 0 Å². The molecule has 4 rings (SSSR count). The molecule has 1 unspecified atom stereocenters. The van der Waals surface area contributed by atoms with Crippen molar-refractivity contribution in [3.8, 4) is 0 Å². The fourth-order valence-corrected chi connectivity index (χ4v) is 4.49. The van der Waals surface area contributed by atoms with E-state index in [1.807, 2.05) is 37.3 Å². The average molecular weight is 425 g/mol. The largest absolute Gasteiger partial charge is 0.323 e. The summed E-state index contributed by atoms with van der Waals surface area (Å²) in [6, 6.07) is 13.7. The summed E-state index contributed by atoms with van der Waals surface area (Å²) in [5, 5.41) is 10.2. The summed E-state index contributed by atoms with van der Waals surface area (Å²) in [4.78, 5) is 26.7. The summed E-state index contributed by atoms with van der Waals surface area (Å²) in [7, 11) is 0. The SMILES string of the molecule is Cc1nn(Cc2cccc(F)c2)c(C)c1NC(=O)C1(C)Sc2ccccc2NC1=O. The van der Waals surface area contributed by atoms with Gasteiger partial charge in [0.15, 0.2) is 4.75 Å². The van der Waals surface area contributed by atoms with Crippen LogP contribution in [0.4, 0.5) is 15.8 Å². The van der Waals surface area contributed by atoms with Gasteiger partial charge in [-0.25, -0.2) is 4.39 Å². The Morgan fingerprint density at radius 2 is 2.00 bits per heavy atom. The van der Waals surface area contributed by atoms with Crippen LogP contribution in [0.3, 0.4) is 0 Å². The van der Waals surface area contributed by atoms with Gasteiger partial charge in [-0.05, 0) is 50.6 Å². The third-order valence-electron chi connectivity index (χ3n) is 5.16. The molecule has 0 aliphatic carbocycles. The quantitative estimate of drug-likeness (QED) is 0.618. The average Bonchev–Trinajstić information content (AvgIpc) is 2.96. The highest BCUT2D eigenvalue weighted by Crippen LogP contribution is 2.43. The van der Waals surface area contributed by atoms with Gasteiger partial charge in [-0.15, -0.1) is 0 Å². The Balaban J connectivity index is 1.58. The Bertz CT molecular complexity index is 1160. The van der Waals surface area contributed by atoms with Crippen molar-refractivity contribution in [1.82, 2.24) is 9.78 Å². The number of anilines is 2. The molecule has 2 aromatic carbocycles. The molecule has 0 saturated carbocycles. The lowest BCUT2D eigenvalue weighted by atomic mass is 10.1. The van der Waals surface area contributed by atoms with E-state index in [9.17, 15) is 14.0 Å². The van der Waals surface area contributed by atoms with E-state index in [0.29, 0.717) is 23.6 Å². The van der Waals surface area contributed by atoms with Gasteiger partial charge in [0.25, 0.3) is 0 Å². The topological polar surface area (TPSA) is 76.0 Å². The molecular weight excluding hydrogens is 403 g/mol. The molecule has 0 bridgehead atoms. The van der Waals surface area contributed by atoms with Crippen LogP contribution >= 0.6 is 11.8 Å². The summed E-state index contributed by atoms with van der Waals surface area (Å²) in [5.74, 6) is -1.10. The molecule has 2 N–H and O–H groups in total. The van der Waals surface area contributed by atoms with Gasteiger partial charge in [-0.3, -0.25) is 14.3 Å². The maximum atomic E-state index is 13.5. The Hall–Kier alpha value is -3.13. The molecule has 154 valence electrons. The second kappa shape index (κ2) is 7.60. The number of nitrogens with one attached hydrogen (secondary N) is 2. The van der Waals surface area contributed by atoms with Crippen molar-refractivity contribution in [2.75, 3.05) is 10.6 Å². The molecule has 1 atom stereocenters. The molecule has 8 heteroatoms. The highest BCUT2D eigenvalue weighted by Gasteiger charge is 2.46. The number of aromatic nitrogens is 2. The summed E-state index contributed by atoms with van der Waals surface area (Å²) in [6.45, 7) is 5.61. The number of halogens is 1. The third-order valence-corrected chi connectivity index (χ3v) is 6.51. The van der Waals surface area contributed by atoms with Crippen molar-refractivity contribution in [1.29, 1.82) is 0 Å². The van der Waals surface area contributed by atoms with Crippen LogP contribution in [0.25, 0.3) is 0 Å². The standard InChI is InChI=1S/C22H21FN4O2S/c1-13-19(14(2)27(26-13)12-15-7-6-8-16(23)11-15)25-21(29)22(3)20(28)24-17-9-4-5-10-18(17)30-22/h4-11H,12H2,1-3H3,(H,24,28)(H,25,29). The van der Waals surface area contributed by atoms with Gasteiger partial charge in [0, 0.05) is 4.90 Å². The van der Waals surface area contributed by atoms with Crippen LogP contribution in [0.1, 0.15) is 23.9 Å². The van der Waals surface area contributed by atoms with Crippen LogP contribution in [0.5, 0.6) is 0 Å². The molecule has 1 aliphatic rings. The number of rotatable bonds is 4. The fourth-order valence-electron chi connectivity index (χ4n) is 3.39. The zero-order chi connectivity index (χ0) is 21.5. The second-order valence-electron chi connectivity index (χ2n) is 7.37. The lowest BCUT2D eigenvalue weighted by Gasteiger charge is -2.31. The molecule has 30 heavy (non-hydrogen) atoms. The first-order valence-corrected chi connectivity index (χ1v) is 10.3. The van der Waals surface area contributed by atoms with Crippen molar-refractivity contribution < 1.29 is 14.0 Å². The lowest BCUT2D eigenvalue weighted by Crippen LogP contribution is -2.49. The van der Waals surface area contributed by atoms with Gasteiger partial charge in [0.2, 0.25) is 11.8 Å². The summed E-state index contributed by atoms with van der Waals surface area (Å²) in [5.41, 5.74) is 3.39. The van der Waals surface area contributed by atoms with E-state index in [2.05, 4.69) is 15.7 Å². The van der Waals surface area contributed by atoms with Crippen molar-refractivity contribution in [3.63, 3.8) is 0 Å². The predicted molar refractivity (Wildman–Crippen MR) is 115 cm³/mol. The first-order valence-electron chi connectivity index (χ1n) is 9.47. The van der Waals surface area contributed by atoms with Gasteiger partial charge in [0.1, 0.15) is 5.82 Å². The maximum Gasteiger partial charge on any atom is 0.250 e. The van der Waals surface area contributed by atoms with E-state index < -0.39 is 10.7 Å². The van der Waals surface area contributed by atoms with Crippen molar-refractivity contribution in [2.24, 2.45) is 0 Å². The van der Waals surface area contributed by atoms with Crippen molar-refractivity contribution in [2.45, 2.75) is 37.0 Å². The van der Waals surface area contributed by atoms with Gasteiger partial charge in [-0.2, -0.15) is 5.10 Å². The molecule has 0 radical (unpaired) electrons. The summed E-state index contributed by atoms with van der Waals surface area (Å²) in [6.07, 6.45) is 0.